The van der Waals surface area contributed by atoms with Crippen molar-refractivity contribution in [2.75, 3.05) is 25.9 Å². The van der Waals surface area contributed by atoms with Gasteiger partial charge in [0.05, 0.1) is 5.75 Å². The molecule has 0 bridgehead atoms. The van der Waals surface area contributed by atoms with Crippen LogP contribution >= 0.6 is 0 Å². The van der Waals surface area contributed by atoms with Gasteiger partial charge in [-0.25, -0.2) is 21.9 Å². The zero-order valence-corrected chi connectivity index (χ0v) is 19.0. The van der Waals surface area contributed by atoms with Gasteiger partial charge >= 0.3 is 6.03 Å². The highest BCUT2D eigenvalue weighted by Gasteiger charge is 2.35. The standard InChI is InChI=1S/C22H34FN3O3S/c1-4-30(28,29)26-14-10-20(11-15-26)25(3)21(27)24-19-8-12-22(2,13-9-19)17-6-5-7-18(23)16-17/h5-7,16,19-20H,4,8-15H2,1-3H3,(H,24,27)/t19-,22+. The molecule has 8 heteroatoms. The molecule has 30 heavy (non-hydrogen) atoms. The minimum Gasteiger partial charge on any atom is -0.335 e. The van der Waals surface area contributed by atoms with Crippen LogP contribution in [-0.2, 0) is 15.4 Å². The molecule has 1 N–H and O–H groups in total. The Morgan fingerprint density at radius 3 is 2.43 bits per heavy atom. The van der Waals surface area contributed by atoms with Crippen molar-refractivity contribution in [1.29, 1.82) is 0 Å². The van der Waals surface area contributed by atoms with Gasteiger partial charge in [-0.05, 0) is 68.6 Å². The van der Waals surface area contributed by atoms with Crippen LogP contribution in [0.4, 0.5) is 9.18 Å². The molecule has 1 aromatic carbocycles. The van der Waals surface area contributed by atoms with Gasteiger partial charge in [0.25, 0.3) is 0 Å². The Balaban J connectivity index is 1.49. The van der Waals surface area contributed by atoms with Crippen LogP contribution in [0, 0.1) is 5.82 Å². The number of carbonyl (C=O) groups is 1. The Morgan fingerprint density at radius 2 is 1.87 bits per heavy atom. The Hall–Kier alpha value is -1.67. The highest BCUT2D eigenvalue weighted by molar-refractivity contribution is 7.89. The Morgan fingerprint density at radius 1 is 1.23 bits per heavy atom. The minimum atomic E-state index is -3.16. The van der Waals surface area contributed by atoms with Crippen LogP contribution < -0.4 is 5.32 Å². The van der Waals surface area contributed by atoms with Gasteiger partial charge in [-0.1, -0.05) is 19.1 Å². The topological polar surface area (TPSA) is 69.7 Å². The normalized spacial score (nSPS) is 26.3. The summed E-state index contributed by atoms with van der Waals surface area (Å²) in [6, 6.07) is 6.91. The molecule has 0 atom stereocenters. The maximum atomic E-state index is 13.6. The summed E-state index contributed by atoms with van der Waals surface area (Å²) >= 11 is 0. The van der Waals surface area contributed by atoms with E-state index in [4.69, 9.17) is 0 Å². The summed E-state index contributed by atoms with van der Waals surface area (Å²) in [7, 11) is -1.36. The van der Waals surface area contributed by atoms with E-state index in [1.807, 2.05) is 6.07 Å². The number of hydrogen-bond donors (Lipinski definition) is 1. The largest absolute Gasteiger partial charge is 0.335 e. The molecule has 2 fully saturated rings. The van der Waals surface area contributed by atoms with E-state index in [1.54, 1.807) is 31.0 Å². The molecule has 2 amide bonds. The number of amides is 2. The lowest BCUT2D eigenvalue weighted by Crippen LogP contribution is -2.52. The molecule has 1 aromatic rings. The first-order chi connectivity index (χ1) is 14.1. The Labute approximate surface area is 179 Å². The minimum absolute atomic E-state index is 0.0504. The third kappa shape index (κ3) is 5.14. The molecular weight excluding hydrogens is 405 g/mol. The summed E-state index contributed by atoms with van der Waals surface area (Å²) in [5.41, 5.74) is 0.963. The first-order valence-corrected chi connectivity index (χ1v) is 12.5. The lowest BCUT2D eigenvalue weighted by Gasteiger charge is -2.40. The van der Waals surface area contributed by atoms with Gasteiger partial charge in [0.2, 0.25) is 10.0 Å². The number of halogens is 1. The summed E-state index contributed by atoms with van der Waals surface area (Å²) in [6.45, 7) is 4.76. The fourth-order valence-electron chi connectivity index (χ4n) is 4.68. The molecule has 1 aliphatic carbocycles. The highest BCUT2D eigenvalue weighted by atomic mass is 32.2. The number of nitrogens with one attached hydrogen (secondary N) is 1. The number of benzene rings is 1. The molecular formula is C22H34FN3O3S. The van der Waals surface area contributed by atoms with Gasteiger partial charge in [-0.3, -0.25) is 0 Å². The maximum absolute atomic E-state index is 13.6. The second-order valence-corrected chi connectivity index (χ2v) is 11.2. The number of sulfonamides is 1. The zero-order valence-electron chi connectivity index (χ0n) is 18.2. The summed E-state index contributed by atoms with van der Waals surface area (Å²) in [5.74, 6) is -0.0897. The molecule has 0 spiro atoms. The fourth-order valence-corrected chi connectivity index (χ4v) is 5.82. The molecule has 0 aromatic heterocycles. The number of nitrogens with zero attached hydrogens (tertiary/aromatic N) is 2. The lowest BCUT2D eigenvalue weighted by atomic mass is 9.69. The zero-order chi connectivity index (χ0) is 21.9. The lowest BCUT2D eigenvalue weighted by molar-refractivity contribution is 0.155. The molecule has 0 radical (unpaired) electrons. The Kier molecular flexibility index (Phi) is 7.07. The van der Waals surface area contributed by atoms with E-state index < -0.39 is 10.0 Å². The predicted octanol–water partition coefficient (Wildman–Crippen LogP) is 3.48. The van der Waals surface area contributed by atoms with E-state index in [0.717, 1.165) is 31.2 Å². The average molecular weight is 440 g/mol. The molecule has 1 saturated heterocycles. The van der Waals surface area contributed by atoms with Crippen LogP contribution in [0.15, 0.2) is 24.3 Å². The van der Waals surface area contributed by atoms with Crippen LogP contribution in [0.2, 0.25) is 0 Å². The number of carbonyl (C=O) groups excluding carboxylic acids is 1. The second kappa shape index (κ2) is 9.22. The number of rotatable bonds is 5. The van der Waals surface area contributed by atoms with Gasteiger partial charge in [-0.2, -0.15) is 0 Å². The van der Waals surface area contributed by atoms with E-state index in [9.17, 15) is 17.6 Å². The van der Waals surface area contributed by atoms with Crippen molar-refractivity contribution in [3.63, 3.8) is 0 Å². The van der Waals surface area contributed by atoms with Gasteiger partial charge in [0.1, 0.15) is 5.82 Å². The van der Waals surface area contributed by atoms with Crippen molar-refractivity contribution in [3.8, 4) is 0 Å². The second-order valence-electron chi connectivity index (χ2n) is 8.94. The first kappa shape index (κ1) is 23.0. The van der Waals surface area contributed by atoms with E-state index in [1.165, 1.54) is 10.4 Å². The van der Waals surface area contributed by atoms with Crippen LogP contribution in [-0.4, -0.2) is 61.6 Å². The van der Waals surface area contributed by atoms with Crippen LogP contribution in [0.1, 0.15) is 57.9 Å². The van der Waals surface area contributed by atoms with E-state index in [0.29, 0.717) is 25.9 Å². The molecule has 0 unspecified atom stereocenters. The maximum Gasteiger partial charge on any atom is 0.317 e. The van der Waals surface area contributed by atoms with Crippen LogP contribution in [0.3, 0.4) is 0 Å². The predicted molar refractivity (Wildman–Crippen MR) is 116 cm³/mol. The van der Waals surface area contributed by atoms with Crippen molar-refractivity contribution in [2.24, 2.45) is 0 Å². The van der Waals surface area contributed by atoms with Gasteiger partial charge in [0.15, 0.2) is 0 Å². The van der Waals surface area contributed by atoms with Gasteiger partial charge in [0, 0.05) is 32.2 Å². The molecule has 168 valence electrons. The van der Waals surface area contributed by atoms with Gasteiger partial charge < -0.3 is 10.2 Å². The highest BCUT2D eigenvalue weighted by Crippen LogP contribution is 2.39. The Bertz CT molecular complexity index is 845. The quantitative estimate of drug-likeness (QED) is 0.764. The first-order valence-electron chi connectivity index (χ1n) is 10.9. The van der Waals surface area contributed by atoms with Crippen LogP contribution in [0.25, 0.3) is 0 Å². The van der Waals surface area contributed by atoms with Crippen molar-refractivity contribution in [3.05, 3.63) is 35.6 Å². The number of hydrogen-bond acceptors (Lipinski definition) is 3. The summed E-state index contributed by atoms with van der Waals surface area (Å²) in [5, 5.41) is 3.15. The summed E-state index contributed by atoms with van der Waals surface area (Å²) in [6.07, 6.45) is 4.84. The van der Waals surface area contributed by atoms with E-state index in [2.05, 4.69) is 12.2 Å². The molecule has 2 aliphatic rings. The SMILES string of the molecule is CCS(=O)(=O)N1CCC(N(C)C(=O)N[C@H]2CC[C@@](C)(c3cccc(F)c3)CC2)CC1. The molecule has 1 heterocycles. The molecule has 6 nitrogen and oxygen atoms in total. The van der Waals surface area contributed by atoms with Crippen molar-refractivity contribution >= 4 is 16.1 Å². The third-order valence-corrected chi connectivity index (χ3v) is 8.87. The van der Waals surface area contributed by atoms with Crippen molar-refractivity contribution < 1.29 is 17.6 Å². The number of urea groups is 1. The average Bonchev–Trinajstić information content (AvgIpc) is 2.75. The van der Waals surface area contributed by atoms with E-state index in [-0.39, 0.29) is 35.1 Å². The monoisotopic (exact) mass is 439 g/mol. The third-order valence-electron chi connectivity index (χ3n) is 6.99. The summed E-state index contributed by atoms with van der Waals surface area (Å²) < 4.78 is 39.2. The molecule has 3 rings (SSSR count). The van der Waals surface area contributed by atoms with Crippen molar-refractivity contribution in [2.45, 2.75) is 69.9 Å². The van der Waals surface area contributed by atoms with E-state index >= 15 is 0 Å². The van der Waals surface area contributed by atoms with Gasteiger partial charge in [-0.15, -0.1) is 0 Å². The van der Waals surface area contributed by atoms with Crippen molar-refractivity contribution in [1.82, 2.24) is 14.5 Å². The fraction of sp³-hybridized carbons (Fsp3) is 0.682. The smallest absolute Gasteiger partial charge is 0.317 e. The molecule has 1 aliphatic heterocycles. The molecule has 1 saturated carbocycles. The number of piperidine rings is 1. The summed E-state index contributed by atoms with van der Waals surface area (Å²) in [4.78, 5) is 14.5. The van der Waals surface area contributed by atoms with Crippen LogP contribution in [0.5, 0.6) is 0 Å².